The molecule has 0 aliphatic heterocycles. The molecule has 1 aromatic carbocycles. The Bertz CT molecular complexity index is 577. The fourth-order valence-corrected chi connectivity index (χ4v) is 3.47. The number of aryl methyl sites for hydroxylation is 1. The molecule has 0 aliphatic carbocycles. The number of thiophene rings is 1. The Labute approximate surface area is 133 Å². The molecule has 1 atom stereocenters. The lowest BCUT2D eigenvalue weighted by molar-refractivity contribution is 0.549. The van der Waals surface area contributed by atoms with Crippen LogP contribution < -0.4 is 5.32 Å². The second-order valence-electron chi connectivity index (χ2n) is 6.72. The first-order valence-corrected chi connectivity index (χ1v) is 8.69. The van der Waals surface area contributed by atoms with Gasteiger partial charge in [-0.05, 0) is 53.4 Å². The molecule has 0 aliphatic rings. The molecule has 0 bridgehead atoms. The van der Waals surface area contributed by atoms with Crippen molar-refractivity contribution in [2.24, 2.45) is 0 Å². The third-order valence-corrected chi connectivity index (χ3v) is 4.64. The molecule has 1 N–H and O–H groups in total. The van der Waals surface area contributed by atoms with Gasteiger partial charge in [-0.2, -0.15) is 0 Å². The minimum atomic E-state index is 0.161. The van der Waals surface area contributed by atoms with E-state index >= 15 is 0 Å². The molecule has 0 saturated carbocycles. The van der Waals surface area contributed by atoms with Crippen LogP contribution in [0.5, 0.6) is 0 Å². The van der Waals surface area contributed by atoms with Crippen LogP contribution >= 0.6 is 11.3 Å². The van der Waals surface area contributed by atoms with Gasteiger partial charge in [0.15, 0.2) is 0 Å². The number of benzene rings is 1. The van der Waals surface area contributed by atoms with E-state index in [0.717, 1.165) is 13.0 Å². The lowest BCUT2D eigenvalue weighted by Crippen LogP contribution is -2.26. The molecule has 0 fully saturated rings. The summed E-state index contributed by atoms with van der Waals surface area (Å²) in [6.07, 6.45) is 1.15. The maximum atomic E-state index is 3.73. The predicted octanol–water partition coefficient (Wildman–Crippen LogP) is 5.44. The van der Waals surface area contributed by atoms with Crippen LogP contribution in [0.2, 0.25) is 0 Å². The van der Waals surface area contributed by atoms with Crippen LogP contribution in [-0.4, -0.2) is 6.54 Å². The molecule has 1 nitrogen and oxygen atoms in total. The Hall–Kier alpha value is -1.12. The fraction of sp³-hybridized carbons (Fsp3) is 0.474. The van der Waals surface area contributed by atoms with Crippen molar-refractivity contribution in [2.75, 3.05) is 6.54 Å². The SMILES string of the molecule is CCCNC(c1csc(C)c1)c1ccccc1C(C)(C)C. The Morgan fingerprint density at radius 1 is 1.19 bits per heavy atom. The van der Waals surface area contributed by atoms with Crippen LogP contribution in [0.25, 0.3) is 0 Å². The molecule has 2 aromatic rings. The van der Waals surface area contributed by atoms with Gasteiger partial charge in [-0.3, -0.25) is 0 Å². The van der Waals surface area contributed by atoms with Crippen molar-refractivity contribution in [1.29, 1.82) is 0 Å². The zero-order valence-electron chi connectivity index (χ0n) is 13.9. The third kappa shape index (κ3) is 3.96. The molecule has 114 valence electrons. The average molecular weight is 301 g/mol. The van der Waals surface area contributed by atoms with Crippen LogP contribution in [0.3, 0.4) is 0 Å². The molecule has 21 heavy (non-hydrogen) atoms. The van der Waals surface area contributed by atoms with Gasteiger partial charge in [-0.25, -0.2) is 0 Å². The summed E-state index contributed by atoms with van der Waals surface area (Å²) in [5.41, 5.74) is 4.40. The number of hydrogen-bond donors (Lipinski definition) is 1. The van der Waals surface area contributed by atoms with E-state index in [2.05, 4.69) is 75.6 Å². The van der Waals surface area contributed by atoms with E-state index in [-0.39, 0.29) is 5.41 Å². The summed E-state index contributed by atoms with van der Waals surface area (Å²) in [5.74, 6) is 0. The van der Waals surface area contributed by atoms with E-state index in [0.29, 0.717) is 6.04 Å². The van der Waals surface area contributed by atoms with Crippen LogP contribution in [0.1, 0.15) is 61.7 Å². The molecule has 0 radical (unpaired) electrons. The maximum absolute atomic E-state index is 3.73. The zero-order valence-corrected chi connectivity index (χ0v) is 14.7. The monoisotopic (exact) mass is 301 g/mol. The van der Waals surface area contributed by atoms with Crippen molar-refractivity contribution in [2.45, 2.75) is 52.5 Å². The van der Waals surface area contributed by atoms with E-state index in [1.807, 2.05) is 11.3 Å². The van der Waals surface area contributed by atoms with Gasteiger partial charge in [0, 0.05) is 4.88 Å². The quantitative estimate of drug-likeness (QED) is 0.775. The van der Waals surface area contributed by atoms with E-state index in [4.69, 9.17) is 0 Å². The summed E-state index contributed by atoms with van der Waals surface area (Å²) in [5, 5.41) is 6.03. The highest BCUT2D eigenvalue weighted by molar-refractivity contribution is 7.10. The minimum absolute atomic E-state index is 0.161. The van der Waals surface area contributed by atoms with Gasteiger partial charge in [0.05, 0.1) is 6.04 Å². The number of nitrogens with one attached hydrogen (secondary N) is 1. The van der Waals surface area contributed by atoms with Gasteiger partial charge < -0.3 is 5.32 Å². The molecule has 1 heterocycles. The van der Waals surface area contributed by atoms with Gasteiger partial charge in [-0.15, -0.1) is 11.3 Å². The Kier molecular flexibility index (Phi) is 5.23. The summed E-state index contributed by atoms with van der Waals surface area (Å²) in [6.45, 7) is 12.3. The Morgan fingerprint density at radius 3 is 2.48 bits per heavy atom. The fourth-order valence-electron chi connectivity index (χ4n) is 2.74. The molecule has 1 aromatic heterocycles. The standard InChI is InChI=1S/C19H27NS/c1-6-11-20-18(15-12-14(2)21-13-15)16-9-7-8-10-17(16)19(3,4)5/h7-10,12-13,18,20H,6,11H2,1-5H3. The van der Waals surface area contributed by atoms with E-state index in [9.17, 15) is 0 Å². The van der Waals surface area contributed by atoms with Crippen molar-refractivity contribution >= 4 is 11.3 Å². The van der Waals surface area contributed by atoms with Crippen LogP contribution in [-0.2, 0) is 5.41 Å². The lowest BCUT2D eigenvalue weighted by Gasteiger charge is -2.28. The highest BCUT2D eigenvalue weighted by atomic mass is 32.1. The van der Waals surface area contributed by atoms with Gasteiger partial charge in [0.25, 0.3) is 0 Å². The predicted molar refractivity (Wildman–Crippen MR) is 94.3 cm³/mol. The smallest absolute Gasteiger partial charge is 0.0587 e. The van der Waals surface area contributed by atoms with Crippen molar-refractivity contribution in [3.05, 3.63) is 57.3 Å². The second kappa shape index (κ2) is 6.76. The first-order chi connectivity index (χ1) is 9.93. The van der Waals surface area contributed by atoms with Crippen molar-refractivity contribution in [1.82, 2.24) is 5.32 Å². The highest BCUT2D eigenvalue weighted by Gasteiger charge is 2.23. The molecule has 2 rings (SSSR count). The first-order valence-electron chi connectivity index (χ1n) is 7.81. The van der Waals surface area contributed by atoms with Gasteiger partial charge in [0.1, 0.15) is 0 Å². The zero-order chi connectivity index (χ0) is 15.5. The van der Waals surface area contributed by atoms with Crippen molar-refractivity contribution < 1.29 is 0 Å². The summed E-state index contributed by atoms with van der Waals surface area (Å²) < 4.78 is 0. The largest absolute Gasteiger partial charge is 0.306 e. The Balaban J connectivity index is 2.46. The normalized spacial score (nSPS) is 13.4. The maximum Gasteiger partial charge on any atom is 0.0587 e. The summed E-state index contributed by atoms with van der Waals surface area (Å²) in [7, 11) is 0. The van der Waals surface area contributed by atoms with Crippen LogP contribution in [0, 0.1) is 6.92 Å². The van der Waals surface area contributed by atoms with Crippen molar-refractivity contribution in [3.8, 4) is 0 Å². The molecular formula is C19H27NS. The van der Waals surface area contributed by atoms with Gasteiger partial charge in [0.2, 0.25) is 0 Å². The van der Waals surface area contributed by atoms with Gasteiger partial charge >= 0.3 is 0 Å². The van der Waals surface area contributed by atoms with E-state index in [1.165, 1.54) is 21.6 Å². The highest BCUT2D eigenvalue weighted by Crippen LogP contribution is 2.34. The Morgan fingerprint density at radius 2 is 1.90 bits per heavy atom. The second-order valence-corrected chi connectivity index (χ2v) is 7.83. The lowest BCUT2D eigenvalue weighted by atomic mass is 9.81. The molecule has 0 saturated heterocycles. The van der Waals surface area contributed by atoms with E-state index < -0.39 is 0 Å². The molecule has 0 amide bonds. The first kappa shape index (κ1) is 16.3. The topological polar surface area (TPSA) is 12.0 Å². The molecule has 2 heteroatoms. The summed E-state index contributed by atoms with van der Waals surface area (Å²) in [6, 6.07) is 11.5. The molecule has 0 spiro atoms. The van der Waals surface area contributed by atoms with Gasteiger partial charge in [-0.1, -0.05) is 52.0 Å². The molecular weight excluding hydrogens is 274 g/mol. The summed E-state index contributed by atoms with van der Waals surface area (Å²) in [4.78, 5) is 1.38. The third-order valence-electron chi connectivity index (χ3n) is 3.76. The number of hydrogen-bond acceptors (Lipinski definition) is 2. The van der Waals surface area contributed by atoms with E-state index in [1.54, 1.807) is 0 Å². The average Bonchev–Trinajstić information content (AvgIpc) is 2.85. The minimum Gasteiger partial charge on any atom is -0.306 e. The summed E-state index contributed by atoms with van der Waals surface area (Å²) >= 11 is 1.83. The van der Waals surface area contributed by atoms with Crippen LogP contribution in [0.4, 0.5) is 0 Å². The van der Waals surface area contributed by atoms with Crippen molar-refractivity contribution in [3.63, 3.8) is 0 Å². The van der Waals surface area contributed by atoms with Crippen LogP contribution in [0.15, 0.2) is 35.7 Å². The number of rotatable bonds is 5. The molecule has 1 unspecified atom stereocenters.